The van der Waals surface area contributed by atoms with Gasteiger partial charge in [0.1, 0.15) is 17.5 Å². The molecule has 2 aromatic carbocycles. The Morgan fingerprint density at radius 2 is 1.76 bits per heavy atom. The summed E-state index contributed by atoms with van der Waals surface area (Å²) in [7, 11) is 6.58. The van der Waals surface area contributed by atoms with Crippen molar-refractivity contribution in [3.8, 4) is 22.8 Å². The van der Waals surface area contributed by atoms with E-state index in [1.165, 1.54) is 0 Å². The van der Waals surface area contributed by atoms with Gasteiger partial charge in [0.2, 0.25) is 0 Å². The second kappa shape index (κ2) is 10.3. The first-order valence-electron chi connectivity index (χ1n) is 10.6. The molecule has 4 aromatic rings. The SMILES string of the molecule is COCC(CN(c1cc(OC)cc(OC)c1)c1ccc2ncc(-c3cnn(C)c3)nc2c1)N=O. The second-order valence-corrected chi connectivity index (χ2v) is 7.73. The molecule has 0 aliphatic carbocycles. The van der Waals surface area contributed by atoms with Gasteiger partial charge >= 0.3 is 0 Å². The summed E-state index contributed by atoms with van der Waals surface area (Å²) < 4.78 is 17.8. The fourth-order valence-corrected chi connectivity index (χ4v) is 3.69. The van der Waals surface area contributed by atoms with Crippen LogP contribution in [0.15, 0.2) is 60.2 Å². The zero-order chi connectivity index (χ0) is 24.1. The first-order chi connectivity index (χ1) is 16.5. The van der Waals surface area contributed by atoms with Gasteiger partial charge in [0.15, 0.2) is 0 Å². The summed E-state index contributed by atoms with van der Waals surface area (Å²) in [6.07, 6.45) is 5.37. The Bertz CT molecular complexity index is 1270. The Kier molecular flexibility index (Phi) is 6.98. The molecule has 176 valence electrons. The molecule has 0 amide bonds. The van der Waals surface area contributed by atoms with Crippen molar-refractivity contribution >= 4 is 22.4 Å². The summed E-state index contributed by atoms with van der Waals surface area (Å²) in [5.74, 6) is 1.25. The number of aromatic nitrogens is 4. The predicted octanol–water partition coefficient (Wildman–Crippen LogP) is 3.97. The molecule has 0 radical (unpaired) electrons. The number of rotatable bonds is 10. The van der Waals surface area contributed by atoms with Crippen LogP contribution in [0.25, 0.3) is 22.3 Å². The second-order valence-electron chi connectivity index (χ2n) is 7.73. The smallest absolute Gasteiger partial charge is 0.133 e. The molecule has 0 saturated heterocycles. The van der Waals surface area contributed by atoms with Crippen molar-refractivity contribution in [3.63, 3.8) is 0 Å². The van der Waals surface area contributed by atoms with Crippen LogP contribution in [-0.2, 0) is 11.8 Å². The topological polar surface area (TPSA) is 104 Å². The number of anilines is 2. The summed E-state index contributed by atoms with van der Waals surface area (Å²) in [6.45, 7) is 0.481. The normalized spacial score (nSPS) is 11.9. The molecular weight excluding hydrogens is 436 g/mol. The first kappa shape index (κ1) is 23.1. The third kappa shape index (κ3) is 4.96. The molecule has 2 aromatic heterocycles. The highest BCUT2D eigenvalue weighted by atomic mass is 16.5. The molecule has 0 fully saturated rings. The van der Waals surface area contributed by atoms with E-state index in [-0.39, 0.29) is 13.2 Å². The lowest BCUT2D eigenvalue weighted by molar-refractivity contribution is 0.182. The highest BCUT2D eigenvalue weighted by Crippen LogP contribution is 2.34. The Labute approximate surface area is 197 Å². The maximum Gasteiger partial charge on any atom is 0.133 e. The first-order valence-corrected chi connectivity index (χ1v) is 10.6. The van der Waals surface area contributed by atoms with Crippen LogP contribution < -0.4 is 14.4 Å². The van der Waals surface area contributed by atoms with Gasteiger partial charge < -0.3 is 19.1 Å². The molecule has 0 saturated carbocycles. The number of hydrogen-bond donors (Lipinski definition) is 0. The van der Waals surface area contributed by atoms with Crippen LogP contribution in [0.3, 0.4) is 0 Å². The van der Waals surface area contributed by atoms with E-state index in [1.807, 2.05) is 48.5 Å². The summed E-state index contributed by atoms with van der Waals surface area (Å²) in [6, 6.07) is 10.7. The molecule has 0 N–H and O–H groups in total. The van der Waals surface area contributed by atoms with E-state index in [4.69, 9.17) is 19.2 Å². The molecule has 0 spiro atoms. The van der Waals surface area contributed by atoms with Crippen LogP contribution in [-0.4, -0.2) is 60.3 Å². The zero-order valence-corrected chi connectivity index (χ0v) is 19.5. The van der Waals surface area contributed by atoms with Crippen LogP contribution in [0.4, 0.5) is 11.4 Å². The van der Waals surface area contributed by atoms with Crippen molar-refractivity contribution in [1.82, 2.24) is 19.7 Å². The molecule has 4 rings (SSSR count). The van der Waals surface area contributed by atoms with Gasteiger partial charge in [-0.05, 0) is 18.2 Å². The van der Waals surface area contributed by atoms with Gasteiger partial charge in [-0.2, -0.15) is 10.0 Å². The number of nitrogens with zero attached hydrogens (tertiary/aromatic N) is 6. The maximum absolute atomic E-state index is 11.5. The number of aryl methyl sites for hydroxylation is 1. The highest BCUT2D eigenvalue weighted by Gasteiger charge is 2.20. The molecule has 0 aliphatic rings. The minimum Gasteiger partial charge on any atom is -0.497 e. The van der Waals surface area contributed by atoms with E-state index < -0.39 is 6.04 Å². The summed E-state index contributed by atoms with van der Waals surface area (Å²) in [5, 5.41) is 7.47. The van der Waals surface area contributed by atoms with E-state index in [2.05, 4.69) is 15.3 Å². The molecule has 1 unspecified atom stereocenters. The van der Waals surface area contributed by atoms with Crippen LogP contribution >= 0.6 is 0 Å². The van der Waals surface area contributed by atoms with Gasteiger partial charge in [-0.15, -0.1) is 0 Å². The lowest BCUT2D eigenvalue weighted by Crippen LogP contribution is -2.30. The predicted molar refractivity (Wildman–Crippen MR) is 130 cm³/mol. The number of fused-ring (bicyclic) bond motifs is 1. The van der Waals surface area contributed by atoms with E-state index in [0.717, 1.165) is 28.1 Å². The zero-order valence-electron chi connectivity index (χ0n) is 19.5. The van der Waals surface area contributed by atoms with E-state index >= 15 is 0 Å². The number of nitroso groups, excluding NO2 is 1. The summed E-state index contributed by atoms with van der Waals surface area (Å²) in [5.41, 5.74) is 4.64. The van der Waals surface area contributed by atoms with Crippen LogP contribution in [0.5, 0.6) is 11.5 Å². The van der Waals surface area contributed by atoms with Crippen molar-refractivity contribution in [2.24, 2.45) is 12.2 Å². The minimum absolute atomic E-state index is 0.194. The van der Waals surface area contributed by atoms with Crippen LogP contribution in [0.2, 0.25) is 0 Å². The Morgan fingerprint density at radius 1 is 1.00 bits per heavy atom. The molecule has 1 atom stereocenters. The highest BCUT2D eigenvalue weighted by molar-refractivity contribution is 5.82. The Balaban J connectivity index is 1.81. The van der Waals surface area contributed by atoms with Crippen molar-refractivity contribution in [2.75, 3.05) is 39.4 Å². The maximum atomic E-state index is 11.5. The molecular formula is C24H26N6O4. The van der Waals surface area contributed by atoms with Gasteiger partial charge in [-0.1, -0.05) is 5.18 Å². The fraction of sp³-hybridized carbons (Fsp3) is 0.292. The van der Waals surface area contributed by atoms with Gasteiger partial charge in [0.05, 0.1) is 56.5 Å². The van der Waals surface area contributed by atoms with Crippen molar-refractivity contribution < 1.29 is 14.2 Å². The number of ether oxygens (including phenoxy) is 3. The molecule has 34 heavy (non-hydrogen) atoms. The van der Waals surface area contributed by atoms with Crippen molar-refractivity contribution in [1.29, 1.82) is 0 Å². The van der Waals surface area contributed by atoms with E-state index in [9.17, 15) is 4.91 Å². The standard InChI is InChI=1S/C24H26N6O4/c1-29-13-16(11-26-29)24-12-25-22-6-5-18(9-23(22)27-24)30(14-17(28-31)15-32-2)19-7-20(33-3)10-21(8-19)34-4/h5-13,17H,14-15H2,1-4H3. The summed E-state index contributed by atoms with van der Waals surface area (Å²) >= 11 is 0. The average molecular weight is 463 g/mol. The lowest BCUT2D eigenvalue weighted by atomic mass is 10.1. The number of hydrogen-bond acceptors (Lipinski definition) is 9. The van der Waals surface area contributed by atoms with Gasteiger partial charge in [0.25, 0.3) is 0 Å². The van der Waals surface area contributed by atoms with Gasteiger partial charge in [0, 0.05) is 55.5 Å². The quantitative estimate of drug-likeness (QED) is 0.326. The molecule has 10 nitrogen and oxygen atoms in total. The van der Waals surface area contributed by atoms with Crippen LogP contribution in [0.1, 0.15) is 0 Å². The molecule has 0 bridgehead atoms. The van der Waals surface area contributed by atoms with E-state index in [0.29, 0.717) is 17.0 Å². The lowest BCUT2D eigenvalue weighted by Gasteiger charge is -2.27. The third-order valence-corrected chi connectivity index (χ3v) is 5.39. The van der Waals surface area contributed by atoms with Crippen molar-refractivity contribution in [3.05, 3.63) is 59.9 Å². The average Bonchev–Trinajstić information content (AvgIpc) is 3.31. The van der Waals surface area contributed by atoms with Gasteiger partial charge in [-0.25, -0.2) is 4.98 Å². The minimum atomic E-state index is -0.592. The van der Waals surface area contributed by atoms with Crippen LogP contribution in [0, 0.1) is 4.91 Å². The molecule has 2 heterocycles. The molecule has 0 aliphatic heterocycles. The largest absolute Gasteiger partial charge is 0.497 e. The fourth-order valence-electron chi connectivity index (χ4n) is 3.69. The Hall–Kier alpha value is -4.05. The Morgan fingerprint density at radius 3 is 2.38 bits per heavy atom. The van der Waals surface area contributed by atoms with Gasteiger partial charge in [-0.3, -0.25) is 9.67 Å². The number of methoxy groups -OCH3 is 3. The van der Waals surface area contributed by atoms with E-state index in [1.54, 1.807) is 44.5 Å². The summed E-state index contributed by atoms with van der Waals surface area (Å²) in [4.78, 5) is 22.8. The molecule has 10 heteroatoms. The monoisotopic (exact) mass is 462 g/mol. The third-order valence-electron chi connectivity index (χ3n) is 5.39. The number of benzene rings is 2. The van der Waals surface area contributed by atoms with Crippen molar-refractivity contribution in [2.45, 2.75) is 6.04 Å².